The summed E-state index contributed by atoms with van der Waals surface area (Å²) < 4.78 is 19.9. The van der Waals surface area contributed by atoms with Crippen LogP contribution in [-0.4, -0.2) is 11.5 Å². The maximum atomic E-state index is 13.7. The molecule has 1 heterocycles. The number of hydrogen-bond acceptors (Lipinski definition) is 3. The minimum atomic E-state index is -0.401. The number of hydrogen-bond donors (Lipinski definition) is 1. The Labute approximate surface area is 126 Å². The van der Waals surface area contributed by atoms with E-state index in [1.54, 1.807) is 24.4 Å². The molecule has 0 atom stereocenters. The van der Waals surface area contributed by atoms with Gasteiger partial charge in [-0.3, -0.25) is 4.98 Å². The summed E-state index contributed by atoms with van der Waals surface area (Å²) in [5, 5.41) is 3.26. The van der Waals surface area contributed by atoms with Crippen LogP contribution in [0.3, 0.4) is 0 Å². The van der Waals surface area contributed by atoms with E-state index in [1.807, 2.05) is 6.07 Å². The fourth-order valence-electron chi connectivity index (χ4n) is 1.69. The van der Waals surface area contributed by atoms with Crippen LogP contribution in [0.2, 0.25) is 0 Å². The van der Waals surface area contributed by atoms with E-state index >= 15 is 0 Å². The molecule has 2 rings (SSSR count). The summed E-state index contributed by atoms with van der Waals surface area (Å²) >= 11 is 3.21. The molecule has 5 heteroatoms. The third kappa shape index (κ3) is 4.28. The molecule has 2 aromatic rings. The first kappa shape index (κ1) is 14.9. The Morgan fingerprint density at radius 2 is 2.15 bits per heavy atom. The molecule has 20 heavy (non-hydrogen) atoms. The monoisotopic (exact) mass is 338 g/mol. The van der Waals surface area contributed by atoms with Crippen molar-refractivity contribution in [3.63, 3.8) is 0 Å². The van der Waals surface area contributed by atoms with Gasteiger partial charge in [-0.05, 0) is 37.2 Å². The van der Waals surface area contributed by atoms with E-state index in [-0.39, 0.29) is 5.75 Å². The summed E-state index contributed by atoms with van der Waals surface area (Å²) in [6.45, 7) is 3.72. The first-order chi connectivity index (χ1) is 9.69. The van der Waals surface area contributed by atoms with Crippen molar-refractivity contribution in [1.29, 1.82) is 0 Å². The molecule has 0 saturated carbocycles. The van der Waals surface area contributed by atoms with E-state index < -0.39 is 5.82 Å². The highest BCUT2D eigenvalue weighted by molar-refractivity contribution is 9.10. The van der Waals surface area contributed by atoms with Crippen molar-refractivity contribution in [1.82, 2.24) is 10.3 Å². The molecule has 0 aliphatic rings. The number of rotatable bonds is 6. The van der Waals surface area contributed by atoms with Gasteiger partial charge >= 0.3 is 0 Å². The molecule has 0 radical (unpaired) electrons. The van der Waals surface area contributed by atoms with Crippen LogP contribution in [0.15, 0.2) is 41.0 Å². The smallest absolute Gasteiger partial charge is 0.166 e. The third-order valence-electron chi connectivity index (χ3n) is 2.64. The fourth-order valence-corrected chi connectivity index (χ4v) is 2.03. The third-order valence-corrected chi connectivity index (χ3v) is 3.14. The first-order valence-corrected chi connectivity index (χ1v) is 7.27. The van der Waals surface area contributed by atoms with Gasteiger partial charge in [-0.25, -0.2) is 4.39 Å². The van der Waals surface area contributed by atoms with Gasteiger partial charge in [0, 0.05) is 23.3 Å². The van der Waals surface area contributed by atoms with Crippen molar-refractivity contribution in [3.05, 3.63) is 52.5 Å². The fraction of sp³-hybridized carbons (Fsp3) is 0.267. The Morgan fingerprint density at radius 1 is 1.30 bits per heavy atom. The second-order valence-electron chi connectivity index (χ2n) is 4.34. The normalized spacial score (nSPS) is 10.6. The second-order valence-corrected chi connectivity index (χ2v) is 5.25. The number of nitrogens with zero attached hydrogens (tertiary/aromatic N) is 1. The molecular weight excluding hydrogens is 323 g/mol. The molecule has 0 bridgehead atoms. The number of ether oxygens (including phenoxy) is 1. The molecule has 0 spiro atoms. The number of benzene rings is 1. The quantitative estimate of drug-likeness (QED) is 0.798. The maximum absolute atomic E-state index is 13.7. The zero-order valence-electron chi connectivity index (χ0n) is 11.2. The Bertz CT molecular complexity index is 578. The van der Waals surface area contributed by atoms with Gasteiger partial charge in [0.25, 0.3) is 0 Å². The highest BCUT2D eigenvalue weighted by Gasteiger charge is 2.06. The van der Waals surface area contributed by atoms with E-state index in [2.05, 4.69) is 33.2 Å². The molecule has 0 amide bonds. The lowest BCUT2D eigenvalue weighted by molar-refractivity contribution is 0.440. The van der Waals surface area contributed by atoms with Gasteiger partial charge < -0.3 is 10.1 Å². The molecule has 1 aromatic carbocycles. The Balaban J connectivity index is 2.07. The zero-order chi connectivity index (χ0) is 14.4. The van der Waals surface area contributed by atoms with Gasteiger partial charge in [0.05, 0.1) is 5.69 Å². The molecular formula is C15H16BrFN2O. The molecule has 0 aliphatic carbocycles. The summed E-state index contributed by atoms with van der Waals surface area (Å²) in [5.41, 5.74) is 0.869. The number of halogens is 2. The molecule has 106 valence electrons. The van der Waals surface area contributed by atoms with Crippen LogP contribution in [0, 0.1) is 5.82 Å². The molecule has 0 saturated heterocycles. The van der Waals surface area contributed by atoms with Crippen molar-refractivity contribution in [2.24, 2.45) is 0 Å². The van der Waals surface area contributed by atoms with Crippen LogP contribution in [0.1, 0.15) is 19.0 Å². The molecule has 0 aliphatic heterocycles. The molecule has 0 unspecified atom stereocenters. The Morgan fingerprint density at radius 3 is 2.90 bits per heavy atom. The summed E-state index contributed by atoms with van der Waals surface area (Å²) in [4.78, 5) is 4.25. The predicted molar refractivity (Wildman–Crippen MR) is 80.4 cm³/mol. The summed E-state index contributed by atoms with van der Waals surface area (Å²) in [6, 6.07) is 8.23. The minimum absolute atomic E-state index is 0.201. The predicted octanol–water partition coefficient (Wildman–Crippen LogP) is 4.28. The summed E-state index contributed by atoms with van der Waals surface area (Å²) in [6.07, 6.45) is 2.73. The average molecular weight is 339 g/mol. The Kier molecular flexibility index (Phi) is 5.49. The van der Waals surface area contributed by atoms with Crippen LogP contribution in [-0.2, 0) is 6.54 Å². The summed E-state index contributed by atoms with van der Waals surface area (Å²) in [7, 11) is 0. The number of pyridine rings is 1. The lowest BCUT2D eigenvalue weighted by Gasteiger charge is -2.08. The Hall–Kier alpha value is -1.46. The second kappa shape index (κ2) is 7.36. The van der Waals surface area contributed by atoms with E-state index in [4.69, 9.17) is 4.74 Å². The van der Waals surface area contributed by atoms with Gasteiger partial charge in [-0.2, -0.15) is 0 Å². The van der Waals surface area contributed by atoms with Crippen LogP contribution in [0.5, 0.6) is 11.5 Å². The van der Waals surface area contributed by atoms with E-state index in [0.29, 0.717) is 16.8 Å². The van der Waals surface area contributed by atoms with Gasteiger partial charge in [0.2, 0.25) is 0 Å². The minimum Gasteiger partial charge on any atom is -0.454 e. The van der Waals surface area contributed by atoms with Crippen LogP contribution in [0.25, 0.3) is 0 Å². The van der Waals surface area contributed by atoms with Gasteiger partial charge in [0.1, 0.15) is 5.75 Å². The first-order valence-electron chi connectivity index (χ1n) is 6.47. The van der Waals surface area contributed by atoms with Crippen molar-refractivity contribution in [3.8, 4) is 11.5 Å². The number of nitrogens with one attached hydrogen (secondary N) is 1. The topological polar surface area (TPSA) is 34.1 Å². The van der Waals surface area contributed by atoms with Crippen molar-refractivity contribution >= 4 is 15.9 Å². The SMILES string of the molecule is CCCNCc1cc(Oc2ccc(Br)cc2F)ccn1. The lowest BCUT2D eigenvalue weighted by Crippen LogP contribution is -2.14. The van der Waals surface area contributed by atoms with Gasteiger partial charge in [-0.15, -0.1) is 0 Å². The van der Waals surface area contributed by atoms with Gasteiger partial charge in [0.15, 0.2) is 11.6 Å². The lowest BCUT2D eigenvalue weighted by atomic mass is 10.3. The highest BCUT2D eigenvalue weighted by atomic mass is 79.9. The van der Waals surface area contributed by atoms with E-state index in [1.165, 1.54) is 6.07 Å². The largest absolute Gasteiger partial charge is 0.454 e. The van der Waals surface area contributed by atoms with Crippen LogP contribution >= 0.6 is 15.9 Å². The highest BCUT2D eigenvalue weighted by Crippen LogP contribution is 2.26. The molecule has 1 aromatic heterocycles. The van der Waals surface area contributed by atoms with Crippen molar-refractivity contribution in [2.75, 3.05) is 6.54 Å². The number of aromatic nitrogens is 1. The average Bonchev–Trinajstić information content (AvgIpc) is 2.43. The maximum Gasteiger partial charge on any atom is 0.166 e. The molecule has 1 N–H and O–H groups in total. The van der Waals surface area contributed by atoms with E-state index in [9.17, 15) is 4.39 Å². The van der Waals surface area contributed by atoms with E-state index in [0.717, 1.165) is 18.7 Å². The molecule has 3 nitrogen and oxygen atoms in total. The standard InChI is InChI=1S/C15H16BrFN2O/c1-2-6-18-10-12-9-13(5-7-19-12)20-15-4-3-11(16)8-14(15)17/h3-5,7-9,18H,2,6,10H2,1H3. The van der Waals surface area contributed by atoms with Crippen molar-refractivity contribution < 1.29 is 9.13 Å². The molecule has 0 fully saturated rings. The van der Waals surface area contributed by atoms with Crippen LogP contribution in [0.4, 0.5) is 4.39 Å². The van der Waals surface area contributed by atoms with Crippen molar-refractivity contribution in [2.45, 2.75) is 19.9 Å². The van der Waals surface area contributed by atoms with Gasteiger partial charge in [-0.1, -0.05) is 22.9 Å². The van der Waals surface area contributed by atoms with Crippen LogP contribution < -0.4 is 10.1 Å². The zero-order valence-corrected chi connectivity index (χ0v) is 12.8. The summed E-state index contributed by atoms with van der Waals surface area (Å²) in [5.74, 6) is 0.378.